The van der Waals surface area contributed by atoms with E-state index < -0.39 is 0 Å². The molecule has 2 aromatic rings. The number of amides is 1. The Labute approximate surface area is 160 Å². The predicted octanol–water partition coefficient (Wildman–Crippen LogP) is 3.38. The number of nitrogens with zero attached hydrogens (tertiary/aromatic N) is 3. The molecule has 7 nitrogen and oxygen atoms in total. The van der Waals surface area contributed by atoms with Gasteiger partial charge in [0.25, 0.3) is 5.91 Å². The molecule has 0 aliphatic carbocycles. The minimum atomic E-state index is -0.137. The zero-order valence-electron chi connectivity index (χ0n) is 14.7. The highest BCUT2D eigenvalue weighted by molar-refractivity contribution is 9.10. The first-order valence-corrected chi connectivity index (χ1v) is 9.80. The first-order chi connectivity index (χ1) is 12.5. The van der Waals surface area contributed by atoms with Crippen LogP contribution in [0.1, 0.15) is 48.0 Å². The van der Waals surface area contributed by atoms with Crippen molar-refractivity contribution in [2.45, 2.75) is 44.6 Å². The molecule has 4 rings (SSSR count). The molecule has 8 heteroatoms. The van der Waals surface area contributed by atoms with E-state index in [0.29, 0.717) is 35.3 Å². The van der Waals surface area contributed by atoms with E-state index >= 15 is 0 Å². The molecule has 1 amide bonds. The van der Waals surface area contributed by atoms with Crippen molar-refractivity contribution in [2.24, 2.45) is 5.92 Å². The average molecular weight is 424 g/mol. The van der Waals surface area contributed by atoms with E-state index in [2.05, 4.69) is 26.1 Å². The third-order valence-electron chi connectivity index (χ3n) is 5.38. The second-order valence-electron chi connectivity index (χ2n) is 7.22. The number of aryl methyl sites for hydroxylation is 1. The molecule has 140 valence electrons. The molecule has 0 bridgehead atoms. The van der Waals surface area contributed by atoms with E-state index in [-0.39, 0.29) is 11.5 Å². The summed E-state index contributed by atoms with van der Waals surface area (Å²) in [6, 6.07) is 3.45. The molecule has 0 aromatic carbocycles. The third-order valence-corrected chi connectivity index (χ3v) is 5.81. The molecule has 2 fully saturated rings. The lowest BCUT2D eigenvalue weighted by Gasteiger charge is -2.46. The second-order valence-corrected chi connectivity index (χ2v) is 8.00. The van der Waals surface area contributed by atoms with E-state index in [1.54, 1.807) is 12.1 Å². The quantitative estimate of drug-likeness (QED) is 0.752. The summed E-state index contributed by atoms with van der Waals surface area (Å²) in [7, 11) is 0. The van der Waals surface area contributed by atoms with Crippen molar-refractivity contribution in [1.29, 1.82) is 0 Å². The van der Waals surface area contributed by atoms with Crippen LogP contribution in [0, 0.1) is 12.8 Å². The molecule has 0 saturated carbocycles. The number of carbonyl (C=O) groups is 1. The van der Waals surface area contributed by atoms with Gasteiger partial charge in [-0.3, -0.25) is 4.79 Å². The lowest BCUT2D eigenvalue weighted by Crippen LogP contribution is -2.51. The van der Waals surface area contributed by atoms with Crippen LogP contribution in [0.15, 0.2) is 25.7 Å². The van der Waals surface area contributed by atoms with E-state index in [0.717, 1.165) is 44.5 Å². The standard InChI is InChI=1S/C18H22BrN3O4/c1-12-20-16(21-26-12)10-13-4-9-24-18(11-13)5-7-22(8-6-18)17(23)14-2-3-15(19)25-14/h2-3,13H,4-11H2,1H3. The summed E-state index contributed by atoms with van der Waals surface area (Å²) in [5.41, 5.74) is -0.137. The summed E-state index contributed by atoms with van der Waals surface area (Å²) in [6.45, 7) is 3.93. The number of ether oxygens (including phenoxy) is 1. The SMILES string of the molecule is Cc1nc(CC2CCOC3(CCN(C(=O)c4ccc(Br)o4)CC3)C2)no1. The number of hydrogen-bond donors (Lipinski definition) is 0. The van der Waals surface area contributed by atoms with Crippen molar-refractivity contribution in [3.05, 3.63) is 34.3 Å². The van der Waals surface area contributed by atoms with E-state index in [1.807, 2.05) is 11.8 Å². The Balaban J connectivity index is 1.35. The summed E-state index contributed by atoms with van der Waals surface area (Å²) in [6.07, 6.45) is 4.52. The Hall–Kier alpha value is -1.67. The Bertz CT molecular complexity index is 779. The average Bonchev–Trinajstić information content (AvgIpc) is 3.23. The van der Waals surface area contributed by atoms with Crippen molar-refractivity contribution >= 4 is 21.8 Å². The maximum absolute atomic E-state index is 12.5. The van der Waals surface area contributed by atoms with Gasteiger partial charge in [0.2, 0.25) is 5.89 Å². The Kier molecular flexibility index (Phi) is 4.88. The molecular weight excluding hydrogens is 402 g/mol. The zero-order valence-corrected chi connectivity index (χ0v) is 16.3. The largest absolute Gasteiger partial charge is 0.444 e. The van der Waals surface area contributed by atoms with Crippen molar-refractivity contribution in [3.8, 4) is 0 Å². The van der Waals surface area contributed by atoms with Gasteiger partial charge in [-0.05, 0) is 59.7 Å². The third kappa shape index (κ3) is 3.71. The maximum Gasteiger partial charge on any atom is 0.289 e. The van der Waals surface area contributed by atoms with Gasteiger partial charge in [-0.2, -0.15) is 4.98 Å². The van der Waals surface area contributed by atoms with Crippen LogP contribution < -0.4 is 0 Å². The Morgan fingerprint density at radius 1 is 1.38 bits per heavy atom. The first kappa shape index (κ1) is 17.7. The maximum atomic E-state index is 12.5. The normalized spacial score (nSPS) is 22.7. The van der Waals surface area contributed by atoms with Crippen molar-refractivity contribution in [3.63, 3.8) is 0 Å². The first-order valence-electron chi connectivity index (χ1n) is 9.01. The molecular formula is C18H22BrN3O4. The van der Waals surface area contributed by atoms with Crippen LogP contribution in [0.2, 0.25) is 0 Å². The molecule has 0 N–H and O–H groups in total. The van der Waals surface area contributed by atoms with Gasteiger partial charge in [0.1, 0.15) is 0 Å². The van der Waals surface area contributed by atoms with Gasteiger partial charge in [0, 0.05) is 33.0 Å². The van der Waals surface area contributed by atoms with Gasteiger partial charge >= 0.3 is 0 Å². The van der Waals surface area contributed by atoms with Gasteiger partial charge in [-0.25, -0.2) is 0 Å². The summed E-state index contributed by atoms with van der Waals surface area (Å²) in [5.74, 6) is 2.20. The number of carbonyl (C=O) groups excluding carboxylic acids is 1. The van der Waals surface area contributed by atoms with E-state index in [4.69, 9.17) is 13.7 Å². The van der Waals surface area contributed by atoms with E-state index in [9.17, 15) is 4.79 Å². The zero-order chi connectivity index (χ0) is 18.1. The predicted molar refractivity (Wildman–Crippen MR) is 95.7 cm³/mol. The molecule has 4 heterocycles. The highest BCUT2D eigenvalue weighted by Crippen LogP contribution is 2.39. The fraction of sp³-hybridized carbons (Fsp3) is 0.611. The second kappa shape index (κ2) is 7.15. The molecule has 2 aliphatic rings. The van der Waals surface area contributed by atoms with Crippen LogP contribution in [-0.4, -0.2) is 46.2 Å². The summed E-state index contributed by atoms with van der Waals surface area (Å²) >= 11 is 3.24. The topological polar surface area (TPSA) is 81.6 Å². The number of halogens is 1. The molecule has 1 unspecified atom stereocenters. The minimum absolute atomic E-state index is 0.0554. The molecule has 2 aromatic heterocycles. The molecule has 2 saturated heterocycles. The number of hydrogen-bond acceptors (Lipinski definition) is 6. The molecule has 26 heavy (non-hydrogen) atoms. The van der Waals surface area contributed by atoms with Gasteiger partial charge in [-0.1, -0.05) is 5.16 Å². The fourth-order valence-corrected chi connectivity index (χ4v) is 4.34. The Morgan fingerprint density at radius 3 is 2.85 bits per heavy atom. The lowest BCUT2D eigenvalue weighted by atomic mass is 9.78. The van der Waals surface area contributed by atoms with Crippen LogP contribution in [0.3, 0.4) is 0 Å². The molecule has 2 aliphatic heterocycles. The fourth-order valence-electron chi connectivity index (χ4n) is 4.04. The van der Waals surface area contributed by atoms with Crippen LogP contribution >= 0.6 is 15.9 Å². The van der Waals surface area contributed by atoms with Gasteiger partial charge in [-0.15, -0.1) is 0 Å². The lowest BCUT2D eigenvalue weighted by molar-refractivity contribution is -0.123. The number of piperidine rings is 1. The highest BCUT2D eigenvalue weighted by atomic mass is 79.9. The summed E-state index contributed by atoms with van der Waals surface area (Å²) < 4.78 is 17.2. The van der Waals surface area contributed by atoms with Crippen LogP contribution in [-0.2, 0) is 11.2 Å². The molecule has 1 atom stereocenters. The van der Waals surface area contributed by atoms with Crippen molar-refractivity contribution in [1.82, 2.24) is 15.0 Å². The summed E-state index contributed by atoms with van der Waals surface area (Å²) in [5, 5.41) is 4.02. The van der Waals surface area contributed by atoms with Crippen LogP contribution in [0.5, 0.6) is 0 Å². The monoisotopic (exact) mass is 423 g/mol. The van der Waals surface area contributed by atoms with Gasteiger partial charge in [0.15, 0.2) is 16.3 Å². The summed E-state index contributed by atoms with van der Waals surface area (Å²) in [4.78, 5) is 18.7. The van der Waals surface area contributed by atoms with E-state index in [1.165, 1.54) is 0 Å². The number of rotatable bonds is 3. The molecule has 0 radical (unpaired) electrons. The van der Waals surface area contributed by atoms with Crippen LogP contribution in [0.4, 0.5) is 0 Å². The smallest absolute Gasteiger partial charge is 0.289 e. The highest BCUT2D eigenvalue weighted by Gasteiger charge is 2.41. The number of likely N-dealkylation sites (tertiary alicyclic amines) is 1. The Morgan fingerprint density at radius 2 is 2.19 bits per heavy atom. The van der Waals surface area contributed by atoms with Crippen molar-refractivity contribution < 1.29 is 18.5 Å². The van der Waals surface area contributed by atoms with Crippen LogP contribution in [0.25, 0.3) is 0 Å². The van der Waals surface area contributed by atoms with Gasteiger partial charge < -0.3 is 18.6 Å². The van der Waals surface area contributed by atoms with Gasteiger partial charge in [0.05, 0.1) is 5.60 Å². The minimum Gasteiger partial charge on any atom is -0.444 e. The number of furan rings is 1. The molecule has 1 spiro atoms. The number of aromatic nitrogens is 2. The van der Waals surface area contributed by atoms with Crippen molar-refractivity contribution in [2.75, 3.05) is 19.7 Å².